The maximum Gasteiger partial charge on any atom is 0.285 e. The summed E-state index contributed by atoms with van der Waals surface area (Å²) in [5, 5.41) is 21.2. The summed E-state index contributed by atoms with van der Waals surface area (Å²) in [5.74, 6) is 0. The molecule has 21 heavy (non-hydrogen) atoms. The van der Waals surface area contributed by atoms with E-state index in [-0.39, 0.29) is 5.69 Å². The highest BCUT2D eigenvalue weighted by Gasteiger charge is 2.24. The van der Waals surface area contributed by atoms with Gasteiger partial charge in [0.1, 0.15) is 0 Å². The van der Waals surface area contributed by atoms with E-state index in [0.717, 1.165) is 41.9 Å². The largest absolute Gasteiger partial charge is 0.388 e. The minimum absolute atomic E-state index is 0.0470. The second-order valence-corrected chi connectivity index (χ2v) is 6.18. The Kier molecular flexibility index (Phi) is 3.59. The maximum absolute atomic E-state index is 11.1. The molecule has 110 valence electrons. The number of nitro benzene ring substituents is 1. The molecular weight excluding hydrogens is 336 g/mol. The van der Waals surface area contributed by atoms with Crippen molar-refractivity contribution in [2.24, 2.45) is 0 Å². The van der Waals surface area contributed by atoms with Crippen molar-refractivity contribution in [3.05, 3.63) is 55.8 Å². The minimum Gasteiger partial charge on any atom is -0.388 e. The molecule has 0 amide bonds. The van der Waals surface area contributed by atoms with Gasteiger partial charge in [-0.05, 0) is 60.3 Å². The number of fused-ring (bicyclic) bond motifs is 1. The zero-order chi connectivity index (χ0) is 15.1. The average Bonchev–Trinajstić information content (AvgIpc) is 2.77. The smallest absolute Gasteiger partial charge is 0.285 e. The number of halogens is 1. The Hall–Kier alpha value is -1.66. The number of hydrogen-bond acceptors (Lipinski definition) is 3. The molecule has 6 heteroatoms. The van der Waals surface area contributed by atoms with Crippen LogP contribution >= 0.6 is 15.9 Å². The summed E-state index contributed by atoms with van der Waals surface area (Å²) in [4.78, 5) is 10.7. The van der Waals surface area contributed by atoms with E-state index in [0.29, 0.717) is 4.47 Å². The molecule has 1 aliphatic rings. The van der Waals surface area contributed by atoms with Crippen LogP contribution < -0.4 is 0 Å². The molecule has 3 rings (SSSR count). The van der Waals surface area contributed by atoms with E-state index in [1.165, 1.54) is 0 Å². The second-order valence-electron chi connectivity index (χ2n) is 5.32. The first-order valence-corrected chi connectivity index (χ1v) is 7.62. The molecule has 0 aliphatic heterocycles. The van der Waals surface area contributed by atoms with Crippen LogP contribution in [0.25, 0.3) is 5.69 Å². The van der Waals surface area contributed by atoms with Crippen LogP contribution in [0.3, 0.4) is 0 Å². The quantitative estimate of drug-likeness (QED) is 0.661. The van der Waals surface area contributed by atoms with Gasteiger partial charge in [-0.3, -0.25) is 10.1 Å². The zero-order valence-electron chi connectivity index (χ0n) is 11.5. The van der Waals surface area contributed by atoms with Gasteiger partial charge in [0.05, 0.1) is 21.2 Å². The fourth-order valence-corrected chi connectivity index (χ4v) is 3.41. The van der Waals surface area contributed by atoms with E-state index in [9.17, 15) is 15.2 Å². The van der Waals surface area contributed by atoms with Crippen LogP contribution in [-0.4, -0.2) is 14.6 Å². The van der Waals surface area contributed by atoms with Gasteiger partial charge in [0.2, 0.25) is 0 Å². The van der Waals surface area contributed by atoms with Crippen molar-refractivity contribution < 1.29 is 10.0 Å². The summed E-state index contributed by atoms with van der Waals surface area (Å²) in [7, 11) is 0. The molecular formula is C15H15BrN2O3. The summed E-state index contributed by atoms with van der Waals surface area (Å²) < 4.78 is 2.48. The van der Waals surface area contributed by atoms with Crippen molar-refractivity contribution in [3.63, 3.8) is 0 Å². The molecule has 0 fully saturated rings. The first-order valence-electron chi connectivity index (χ1n) is 6.82. The SMILES string of the molecule is Cc1cc2c(n1-c1ccc(Br)c([N+](=O)[O-])c1)CCCC2O. The van der Waals surface area contributed by atoms with E-state index in [2.05, 4.69) is 15.9 Å². The van der Waals surface area contributed by atoms with Crippen LogP contribution in [0.1, 0.15) is 35.9 Å². The van der Waals surface area contributed by atoms with Crippen molar-refractivity contribution in [1.82, 2.24) is 4.57 Å². The number of rotatable bonds is 2. The number of hydrogen-bond donors (Lipinski definition) is 1. The average molecular weight is 351 g/mol. The third-order valence-electron chi connectivity index (χ3n) is 3.95. The summed E-state index contributed by atoms with van der Waals surface area (Å²) in [6.07, 6.45) is 2.15. The number of benzene rings is 1. The van der Waals surface area contributed by atoms with Crippen LogP contribution in [0.4, 0.5) is 5.69 Å². The van der Waals surface area contributed by atoms with E-state index in [4.69, 9.17) is 0 Å². The molecule has 1 unspecified atom stereocenters. The van der Waals surface area contributed by atoms with Gasteiger partial charge in [-0.2, -0.15) is 0 Å². The topological polar surface area (TPSA) is 68.3 Å². The number of nitrogens with zero attached hydrogens (tertiary/aromatic N) is 2. The predicted octanol–water partition coefficient (Wildman–Crippen LogP) is 3.83. The molecule has 1 aromatic carbocycles. The highest BCUT2D eigenvalue weighted by molar-refractivity contribution is 9.10. The normalized spacial score (nSPS) is 17.6. The van der Waals surface area contributed by atoms with Gasteiger partial charge < -0.3 is 9.67 Å². The molecule has 5 nitrogen and oxygen atoms in total. The van der Waals surface area contributed by atoms with Crippen molar-refractivity contribution in [3.8, 4) is 5.69 Å². The number of nitro groups is 1. The molecule has 2 aromatic rings. The lowest BCUT2D eigenvalue weighted by Gasteiger charge is -2.20. The summed E-state index contributed by atoms with van der Waals surface area (Å²) in [6, 6.07) is 7.09. The van der Waals surface area contributed by atoms with Crippen LogP contribution in [0.15, 0.2) is 28.7 Å². The Morgan fingerprint density at radius 2 is 2.19 bits per heavy atom. The molecule has 0 saturated heterocycles. The van der Waals surface area contributed by atoms with Gasteiger partial charge in [-0.15, -0.1) is 0 Å². The first-order chi connectivity index (χ1) is 9.99. The van der Waals surface area contributed by atoms with Crippen LogP contribution in [0.5, 0.6) is 0 Å². The minimum atomic E-state index is -0.431. The van der Waals surface area contributed by atoms with Crippen molar-refractivity contribution in [1.29, 1.82) is 0 Å². The Labute approximate surface area is 130 Å². The van der Waals surface area contributed by atoms with Crippen LogP contribution in [0.2, 0.25) is 0 Å². The zero-order valence-corrected chi connectivity index (χ0v) is 13.1. The monoisotopic (exact) mass is 350 g/mol. The molecule has 1 aromatic heterocycles. The Balaban J connectivity index is 2.17. The molecule has 1 N–H and O–H groups in total. The van der Waals surface area contributed by atoms with Gasteiger partial charge in [-0.1, -0.05) is 0 Å². The molecule has 0 radical (unpaired) electrons. The first kappa shape index (κ1) is 14.3. The third-order valence-corrected chi connectivity index (χ3v) is 4.63. The molecule has 0 bridgehead atoms. The lowest BCUT2D eigenvalue weighted by Crippen LogP contribution is -2.11. The highest BCUT2D eigenvalue weighted by Crippen LogP contribution is 2.35. The summed E-state index contributed by atoms with van der Waals surface area (Å²) in [6.45, 7) is 1.96. The number of aryl methyl sites for hydroxylation is 1. The van der Waals surface area contributed by atoms with Crippen LogP contribution in [-0.2, 0) is 6.42 Å². The van der Waals surface area contributed by atoms with E-state index >= 15 is 0 Å². The van der Waals surface area contributed by atoms with Crippen LogP contribution in [0, 0.1) is 17.0 Å². The lowest BCUT2D eigenvalue weighted by molar-refractivity contribution is -0.385. The standard InChI is InChI=1S/C15H15BrN2O3/c1-9-7-11-13(3-2-4-15(11)19)17(9)10-5-6-12(16)14(8-10)18(20)21/h5-8,15,19H,2-4H2,1H3. The Morgan fingerprint density at radius 3 is 2.90 bits per heavy atom. The number of aliphatic hydroxyl groups is 1. The summed E-state index contributed by atoms with van der Waals surface area (Å²) in [5.41, 5.74) is 3.80. The molecule has 1 aliphatic carbocycles. The van der Waals surface area contributed by atoms with E-state index < -0.39 is 11.0 Å². The number of aliphatic hydroxyl groups excluding tert-OH is 1. The Bertz CT molecular complexity index is 724. The van der Waals surface area contributed by atoms with E-state index in [1.807, 2.05) is 23.6 Å². The molecule has 0 saturated carbocycles. The Morgan fingerprint density at radius 1 is 1.43 bits per heavy atom. The number of aromatic nitrogens is 1. The van der Waals surface area contributed by atoms with Crippen molar-refractivity contribution in [2.45, 2.75) is 32.3 Å². The molecule has 1 heterocycles. The predicted molar refractivity (Wildman–Crippen MR) is 82.8 cm³/mol. The highest BCUT2D eigenvalue weighted by atomic mass is 79.9. The third kappa shape index (κ3) is 2.38. The molecule has 1 atom stereocenters. The molecule has 0 spiro atoms. The van der Waals surface area contributed by atoms with Gasteiger partial charge in [0.25, 0.3) is 5.69 Å². The van der Waals surface area contributed by atoms with Gasteiger partial charge >= 0.3 is 0 Å². The fourth-order valence-electron chi connectivity index (χ4n) is 3.02. The van der Waals surface area contributed by atoms with Gasteiger partial charge in [0, 0.05) is 23.0 Å². The fraction of sp³-hybridized carbons (Fsp3) is 0.333. The maximum atomic E-state index is 11.1. The van der Waals surface area contributed by atoms with Gasteiger partial charge in [-0.25, -0.2) is 0 Å². The van der Waals surface area contributed by atoms with Crippen molar-refractivity contribution in [2.75, 3.05) is 0 Å². The second kappa shape index (κ2) is 5.27. The van der Waals surface area contributed by atoms with Gasteiger partial charge in [0.15, 0.2) is 0 Å². The van der Waals surface area contributed by atoms with Crippen molar-refractivity contribution >= 4 is 21.6 Å². The van der Waals surface area contributed by atoms with E-state index in [1.54, 1.807) is 12.1 Å². The lowest BCUT2D eigenvalue weighted by atomic mass is 9.95. The summed E-state index contributed by atoms with van der Waals surface area (Å²) >= 11 is 3.21.